The molecule has 8 nitrogen and oxygen atoms in total. The molecule has 5 aromatic heterocycles. The quantitative estimate of drug-likeness (QED) is 0.132. The van der Waals surface area contributed by atoms with E-state index in [1.54, 1.807) is 0 Å². The molecule has 7 aromatic rings. The third-order valence-corrected chi connectivity index (χ3v) is 12.4. The largest absolute Gasteiger partial charge is 0.399 e. The maximum atomic E-state index is 6.29. The van der Waals surface area contributed by atoms with Crippen LogP contribution in [-0.2, 0) is 0 Å². The van der Waals surface area contributed by atoms with Crippen LogP contribution >= 0.6 is 0 Å². The molecule has 6 N–H and O–H groups in total. The Labute approximate surface area is 338 Å². The van der Waals surface area contributed by atoms with E-state index < -0.39 is 0 Å². The number of anilines is 2. The normalized spacial score (nSPS) is 12.8. The molecular formula is C50H46N8. The molecule has 0 saturated heterocycles. The Morgan fingerprint density at radius 3 is 0.845 bits per heavy atom. The average molecular weight is 759 g/mol. The van der Waals surface area contributed by atoms with Crippen molar-refractivity contribution in [3.8, 4) is 44.5 Å². The molecule has 0 amide bonds. The van der Waals surface area contributed by atoms with Gasteiger partial charge in [-0.2, -0.15) is 0 Å². The second kappa shape index (κ2) is 13.8. The lowest BCUT2D eigenvalue weighted by molar-refractivity contribution is 1.28. The summed E-state index contributed by atoms with van der Waals surface area (Å²) in [5.41, 5.74) is 38.7. The molecular weight excluding hydrogens is 713 g/mol. The van der Waals surface area contributed by atoms with Gasteiger partial charge < -0.3 is 21.4 Å². The van der Waals surface area contributed by atoms with Gasteiger partial charge in [0.1, 0.15) is 0 Å². The molecule has 0 saturated carbocycles. The van der Waals surface area contributed by atoms with Gasteiger partial charge in [0.2, 0.25) is 0 Å². The summed E-state index contributed by atoms with van der Waals surface area (Å²) in [4.78, 5) is 28.2. The first kappa shape index (κ1) is 36.6. The van der Waals surface area contributed by atoms with Crippen molar-refractivity contribution in [1.82, 2.24) is 29.9 Å². The van der Waals surface area contributed by atoms with Gasteiger partial charge in [0, 0.05) is 58.4 Å². The highest BCUT2D eigenvalue weighted by Gasteiger charge is 2.28. The van der Waals surface area contributed by atoms with Crippen LogP contribution in [0.5, 0.6) is 0 Å². The number of fused-ring (bicyclic) bond motifs is 8. The lowest BCUT2D eigenvalue weighted by Gasteiger charge is -2.09. The zero-order valence-corrected chi connectivity index (χ0v) is 34.2. The highest BCUT2D eigenvalue weighted by Crippen LogP contribution is 2.47. The number of nitrogens with one attached hydrogen (secondary N) is 2. The van der Waals surface area contributed by atoms with Crippen LogP contribution < -0.4 is 11.5 Å². The predicted octanol–water partition coefficient (Wildman–Crippen LogP) is 12.1. The summed E-state index contributed by atoms with van der Waals surface area (Å²) in [5.74, 6) is 0. The molecule has 7 heterocycles. The molecule has 58 heavy (non-hydrogen) atoms. The number of hydrogen-bond donors (Lipinski definition) is 4. The molecule has 0 fully saturated rings. The number of hydrogen-bond acceptors (Lipinski definition) is 6. The van der Waals surface area contributed by atoms with E-state index >= 15 is 0 Å². The summed E-state index contributed by atoms with van der Waals surface area (Å²) in [6.45, 7) is 17.5. The Morgan fingerprint density at radius 1 is 0.345 bits per heavy atom. The Morgan fingerprint density at radius 2 is 0.586 bits per heavy atom. The highest BCUT2D eigenvalue weighted by molar-refractivity contribution is 6.08. The van der Waals surface area contributed by atoms with Crippen LogP contribution in [0.2, 0.25) is 0 Å². The smallest absolute Gasteiger partial charge is 0.0769 e. The van der Waals surface area contributed by atoms with E-state index in [4.69, 9.17) is 21.4 Å². The van der Waals surface area contributed by atoms with E-state index in [1.165, 1.54) is 0 Å². The number of aromatic nitrogens is 6. The summed E-state index contributed by atoms with van der Waals surface area (Å²) >= 11 is 0. The molecule has 2 aliphatic heterocycles. The number of nitrogen functional groups attached to an aromatic ring is 2. The Balaban J connectivity index is 1.62. The van der Waals surface area contributed by atoms with E-state index in [1.807, 2.05) is 49.1 Å². The number of aryl methyl sites for hydroxylation is 4. The number of nitrogens with zero attached hydrogens (tertiary/aromatic N) is 4. The number of pyridine rings is 2. The molecule has 2 aromatic carbocycles. The zero-order chi connectivity index (χ0) is 40.6. The van der Waals surface area contributed by atoms with Crippen molar-refractivity contribution in [3.05, 3.63) is 143 Å². The minimum atomic E-state index is 0.704. The van der Waals surface area contributed by atoms with Crippen LogP contribution in [0.25, 0.3) is 88.9 Å². The molecule has 8 bridgehead atoms. The molecule has 9 rings (SSSR count). The van der Waals surface area contributed by atoms with Crippen molar-refractivity contribution < 1.29 is 0 Å². The Hall–Kier alpha value is -7.06. The van der Waals surface area contributed by atoms with Gasteiger partial charge in [-0.3, -0.25) is 9.97 Å². The fraction of sp³-hybridized carbons (Fsp3) is 0.160. The molecule has 0 atom stereocenters. The molecule has 0 spiro atoms. The number of benzene rings is 2. The van der Waals surface area contributed by atoms with Crippen molar-refractivity contribution in [2.45, 2.75) is 55.4 Å². The number of aromatic amines is 2. The average Bonchev–Trinajstić information content (AvgIpc) is 3.89. The summed E-state index contributed by atoms with van der Waals surface area (Å²) in [6.07, 6.45) is 7.40. The van der Waals surface area contributed by atoms with Crippen LogP contribution in [-0.4, -0.2) is 29.9 Å². The minimum Gasteiger partial charge on any atom is -0.399 e. The maximum Gasteiger partial charge on any atom is 0.0769 e. The van der Waals surface area contributed by atoms with Crippen molar-refractivity contribution in [2.24, 2.45) is 0 Å². The van der Waals surface area contributed by atoms with Gasteiger partial charge >= 0.3 is 0 Å². The van der Waals surface area contributed by atoms with Crippen molar-refractivity contribution in [3.63, 3.8) is 0 Å². The van der Waals surface area contributed by atoms with Gasteiger partial charge in [0.05, 0.1) is 44.8 Å². The first-order valence-electron chi connectivity index (χ1n) is 19.6. The predicted molar refractivity (Wildman–Crippen MR) is 242 cm³/mol. The van der Waals surface area contributed by atoms with Crippen molar-refractivity contribution >= 4 is 55.7 Å². The van der Waals surface area contributed by atoms with E-state index in [2.05, 4.69) is 124 Å². The second-order valence-electron chi connectivity index (χ2n) is 15.6. The van der Waals surface area contributed by atoms with Gasteiger partial charge in [-0.15, -0.1) is 0 Å². The summed E-state index contributed by atoms with van der Waals surface area (Å²) in [5, 5.41) is 0. The van der Waals surface area contributed by atoms with Gasteiger partial charge in [0.25, 0.3) is 0 Å². The van der Waals surface area contributed by atoms with Gasteiger partial charge in [-0.05, 0) is 171 Å². The first-order chi connectivity index (χ1) is 27.9. The third-order valence-electron chi connectivity index (χ3n) is 12.4. The molecule has 0 aliphatic carbocycles. The number of allylic oxidation sites excluding steroid dienone is 4. The number of rotatable bonds is 4. The molecule has 0 unspecified atom stereocenters. The summed E-state index contributed by atoms with van der Waals surface area (Å²) in [6, 6.07) is 24.5. The lowest BCUT2D eigenvalue weighted by atomic mass is 9.94. The number of H-pyrrole nitrogens is 2. The molecule has 2 aliphatic rings. The fourth-order valence-electron chi connectivity index (χ4n) is 8.55. The lowest BCUT2D eigenvalue weighted by Crippen LogP contribution is -1.92. The topological polar surface area (TPSA) is 135 Å². The summed E-state index contributed by atoms with van der Waals surface area (Å²) < 4.78 is 0. The molecule has 286 valence electrons. The van der Waals surface area contributed by atoms with Crippen LogP contribution in [0, 0.1) is 27.7 Å². The monoisotopic (exact) mass is 758 g/mol. The van der Waals surface area contributed by atoms with E-state index in [0.29, 0.717) is 11.4 Å². The SMILES string of the molecule is CC1=C(C)c2nc1c(-c1ccncc1)c1[nH]c(c(C)c1C)c(-c1ccc(N)cc1)c1nc(c(-c3ccncc3)c3[nH]c(c(C)c3C)c2-c2ccc(N)cc2)C(C)=C1C. The maximum absolute atomic E-state index is 6.29. The van der Waals surface area contributed by atoms with Crippen LogP contribution in [0.1, 0.15) is 72.7 Å². The van der Waals surface area contributed by atoms with E-state index in [-0.39, 0.29) is 0 Å². The first-order valence-corrected chi connectivity index (χ1v) is 19.6. The molecule has 0 radical (unpaired) electrons. The Bertz CT molecular complexity index is 2840. The summed E-state index contributed by atoms with van der Waals surface area (Å²) in [7, 11) is 0. The standard InChI is InChI=1S/C50H46N8/c1-25-29(5)47-41(35-17-21-53-22-18-35)48-31(7)27(3)45(57-48)40(34-11-15-38(52)16-12-34)46-28(4)32(8)50(58-46)42(36-19-23-54-24-20-36)49-30(6)26(2)44(56-49)39(43(25)55-47)33-9-13-37(51)14-10-33/h9-24,55,58H,51-52H2,1-8H3. The van der Waals surface area contributed by atoms with Crippen LogP contribution in [0.15, 0.2) is 97.6 Å². The van der Waals surface area contributed by atoms with E-state index in [0.717, 1.165) is 134 Å². The van der Waals surface area contributed by atoms with Crippen LogP contribution in [0.3, 0.4) is 0 Å². The number of nitrogens with two attached hydrogens (primary N) is 2. The highest BCUT2D eigenvalue weighted by atomic mass is 14.8. The van der Waals surface area contributed by atoms with Gasteiger partial charge in [0.15, 0.2) is 0 Å². The van der Waals surface area contributed by atoms with Gasteiger partial charge in [-0.1, -0.05) is 24.3 Å². The third kappa shape index (κ3) is 5.66. The van der Waals surface area contributed by atoms with Crippen molar-refractivity contribution in [1.29, 1.82) is 0 Å². The second-order valence-corrected chi connectivity index (χ2v) is 15.6. The minimum absolute atomic E-state index is 0.704. The molecule has 8 heteroatoms. The fourth-order valence-corrected chi connectivity index (χ4v) is 8.55. The zero-order valence-electron chi connectivity index (χ0n) is 34.2. The Kier molecular flexibility index (Phi) is 8.73. The van der Waals surface area contributed by atoms with E-state index in [9.17, 15) is 0 Å². The van der Waals surface area contributed by atoms with Crippen molar-refractivity contribution in [2.75, 3.05) is 11.5 Å². The van der Waals surface area contributed by atoms with Crippen LogP contribution in [0.4, 0.5) is 11.4 Å². The van der Waals surface area contributed by atoms with Gasteiger partial charge in [-0.25, -0.2) is 9.97 Å².